The van der Waals surface area contributed by atoms with E-state index < -0.39 is 0 Å². The third-order valence-corrected chi connectivity index (χ3v) is 2.33. The van der Waals surface area contributed by atoms with Gasteiger partial charge in [0.1, 0.15) is 0 Å². The van der Waals surface area contributed by atoms with E-state index in [0.29, 0.717) is 24.9 Å². The zero-order chi connectivity index (χ0) is 15.0. The Balaban J connectivity index is 2.93. The van der Waals surface area contributed by atoms with Crippen molar-refractivity contribution in [2.45, 2.75) is 33.7 Å². The Bertz CT molecular complexity index is 447. The second kappa shape index (κ2) is 8.27. The minimum atomic E-state index is 0.141. The van der Waals surface area contributed by atoms with Crippen molar-refractivity contribution in [1.29, 1.82) is 0 Å². The van der Waals surface area contributed by atoms with Crippen LogP contribution >= 0.6 is 0 Å². The molecule has 1 aromatic rings. The van der Waals surface area contributed by atoms with Crippen molar-refractivity contribution < 1.29 is 9.47 Å². The van der Waals surface area contributed by atoms with Gasteiger partial charge in [-0.1, -0.05) is 0 Å². The standard InChI is InChI=1S/C14H24N4O2/c1-5-19-12-8-7-11(9-13(12)20-6-2)17-14(18-15)16-10(3)4/h7-10H,5-6,15H2,1-4H3,(H2,16,17,18). The smallest absolute Gasteiger partial charge is 0.210 e. The quantitative estimate of drug-likeness (QED) is 0.322. The van der Waals surface area contributed by atoms with Crippen molar-refractivity contribution in [2.24, 2.45) is 10.8 Å². The molecule has 6 nitrogen and oxygen atoms in total. The summed E-state index contributed by atoms with van der Waals surface area (Å²) in [5.74, 6) is 7.37. The number of nitrogens with zero attached hydrogens (tertiary/aromatic N) is 1. The number of hydrazine groups is 1. The van der Waals surface area contributed by atoms with Crippen LogP contribution in [0.3, 0.4) is 0 Å². The number of anilines is 1. The van der Waals surface area contributed by atoms with Crippen molar-refractivity contribution in [3.05, 3.63) is 18.2 Å². The Labute approximate surface area is 120 Å². The molecular formula is C14H24N4O2. The van der Waals surface area contributed by atoms with Crippen LogP contribution in [0.2, 0.25) is 0 Å². The number of nitrogens with one attached hydrogen (secondary N) is 2. The van der Waals surface area contributed by atoms with Crippen LogP contribution in [-0.2, 0) is 0 Å². The van der Waals surface area contributed by atoms with Crippen LogP contribution in [0.4, 0.5) is 5.69 Å². The fraction of sp³-hybridized carbons (Fsp3) is 0.500. The van der Waals surface area contributed by atoms with E-state index >= 15 is 0 Å². The van der Waals surface area contributed by atoms with Crippen LogP contribution in [-0.4, -0.2) is 25.2 Å². The van der Waals surface area contributed by atoms with Crippen LogP contribution in [0.15, 0.2) is 23.2 Å². The second-order valence-corrected chi connectivity index (χ2v) is 4.37. The summed E-state index contributed by atoms with van der Waals surface area (Å²) >= 11 is 0. The number of hydrogen-bond donors (Lipinski definition) is 3. The Kier molecular flexibility index (Phi) is 6.66. The van der Waals surface area contributed by atoms with Crippen LogP contribution in [0.25, 0.3) is 0 Å². The molecule has 0 aliphatic heterocycles. The molecule has 0 heterocycles. The summed E-state index contributed by atoms with van der Waals surface area (Å²) < 4.78 is 11.1. The SMILES string of the molecule is CCOc1ccc(NC(=NC(C)C)NN)cc1OCC. The minimum Gasteiger partial charge on any atom is -0.490 e. The van der Waals surface area contributed by atoms with Gasteiger partial charge >= 0.3 is 0 Å². The molecule has 0 fully saturated rings. The summed E-state index contributed by atoms with van der Waals surface area (Å²) in [6, 6.07) is 5.76. The van der Waals surface area contributed by atoms with E-state index in [4.69, 9.17) is 15.3 Å². The molecular weight excluding hydrogens is 256 g/mol. The van der Waals surface area contributed by atoms with Gasteiger partial charge in [-0.2, -0.15) is 0 Å². The summed E-state index contributed by atoms with van der Waals surface area (Å²) in [6.45, 7) is 8.99. The summed E-state index contributed by atoms with van der Waals surface area (Å²) in [7, 11) is 0. The summed E-state index contributed by atoms with van der Waals surface area (Å²) in [4.78, 5) is 4.32. The molecule has 0 saturated heterocycles. The largest absolute Gasteiger partial charge is 0.490 e. The number of aliphatic imine (C=N–C) groups is 1. The summed E-state index contributed by atoms with van der Waals surface area (Å²) in [5.41, 5.74) is 3.37. The lowest BCUT2D eigenvalue weighted by atomic mass is 10.2. The van der Waals surface area contributed by atoms with Gasteiger partial charge in [0.2, 0.25) is 5.96 Å². The normalized spacial score (nSPS) is 11.4. The molecule has 0 aromatic heterocycles. The average Bonchev–Trinajstić information content (AvgIpc) is 2.41. The fourth-order valence-electron chi connectivity index (χ4n) is 1.63. The van der Waals surface area contributed by atoms with Gasteiger partial charge in [-0.3, -0.25) is 5.43 Å². The summed E-state index contributed by atoms with van der Waals surface area (Å²) in [5, 5.41) is 3.11. The number of benzene rings is 1. The molecule has 6 heteroatoms. The Morgan fingerprint density at radius 2 is 1.85 bits per heavy atom. The van der Waals surface area contributed by atoms with E-state index in [9.17, 15) is 0 Å². The van der Waals surface area contributed by atoms with E-state index in [0.717, 1.165) is 11.4 Å². The lowest BCUT2D eigenvalue weighted by Crippen LogP contribution is -2.36. The molecule has 0 aliphatic rings. The molecule has 1 rings (SSSR count). The van der Waals surface area contributed by atoms with Gasteiger partial charge in [-0.05, 0) is 39.8 Å². The predicted octanol–water partition coefficient (Wildman–Crippen LogP) is 2.12. The highest BCUT2D eigenvalue weighted by Crippen LogP contribution is 2.30. The van der Waals surface area contributed by atoms with Crippen molar-refractivity contribution in [3.8, 4) is 11.5 Å². The maximum atomic E-state index is 5.57. The lowest BCUT2D eigenvalue weighted by Gasteiger charge is -2.14. The molecule has 20 heavy (non-hydrogen) atoms. The molecule has 0 unspecified atom stereocenters. The first-order chi connectivity index (χ1) is 9.60. The molecule has 0 saturated carbocycles. The van der Waals surface area contributed by atoms with E-state index in [-0.39, 0.29) is 6.04 Å². The zero-order valence-electron chi connectivity index (χ0n) is 12.6. The maximum absolute atomic E-state index is 5.57. The second-order valence-electron chi connectivity index (χ2n) is 4.37. The van der Waals surface area contributed by atoms with Crippen LogP contribution in [0.5, 0.6) is 11.5 Å². The first kappa shape index (κ1) is 16.1. The van der Waals surface area contributed by atoms with Gasteiger partial charge in [-0.25, -0.2) is 10.8 Å². The molecule has 0 bridgehead atoms. The van der Waals surface area contributed by atoms with Gasteiger partial charge in [0.25, 0.3) is 0 Å². The van der Waals surface area contributed by atoms with E-state index in [1.807, 2.05) is 45.9 Å². The van der Waals surface area contributed by atoms with Gasteiger partial charge in [-0.15, -0.1) is 0 Å². The molecule has 0 amide bonds. The van der Waals surface area contributed by atoms with Gasteiger partial charge < -0.3 is 14.8 Å². The average molecular weight is 280 g/mol. The molecule has 112 valence electrons. The lowest BCUT2D eigenvalue weighted by molar-refractivity contribution is 0.288. The molecule has 4 N–H and O–H groups in total. The molecule has 0 spiro atoms. The van der Waals surface area contributed by atoms with Crippen LogP contribution in [0.1, 0.15) is 27.7 Å². The van der Waals surface area contributed by atoms with Crippen molar-refractivity contribution in [2.75, 3.05) is 18.5 Å². The van der Waals surface area contributed by atoms with E-state index in [2.05, 4.69) is 15.7 Å². The third kappa shape index (κ3) is 4.97. The van der Waals surface area contributed by atoms with Crippen LogP contribution < -0.4 is 26.1 Å². The van der Waals surface area contributed by atoms with E-state index in [1.165, 1.54) is 0 Å². The van der Waals surface area contributed by atoms with Crippen LogP contribution in [0, 0.1) is 0 Å². The van der Waals surface area contributed by atoms with Gasteiger partial charge in [0.15, 0.2) is 11.5 Å². The third-order valence-electron chi connectivity index (χ3n) is 2.33. The molecule has 1 aromatic carbocycles. The Hall–Kier alpha value is -1.95. The number of guanidine groups is 1. The van der Waals surface area contributed by atoms with Gasteiger partial charge in [0, 0.05) is 17.8 Å². The first-order valence-corrected chi connectivity index (χ1v) is 6.81. The number of nitrogens with two attached hydrogens (primary N) is 1. The predicted molar refractivity (Wildman–Crippen MR) is 82.3 cm³/mol. The monoisotopic (exact) mass is 280 g/mol. The highest BCUT2D eigenvalue weighted by Gasteiger charge is 2.07. The highest BCUT2D eigenvalue weighted by atomic mass is 16.5. The highest BCUT2D eigenvalue weighted by molar-refractivity contribution is 5.93. The van der Waals surface area contributed by atoms with Crippen molar-refractivity contribution in [3.63, 3.8) is 0 Å². The molecule has 0 atom stereocenters. The first-order valence-electron chi connectivity index (χ1n) is 6.81. The van der Waals surface area contributed by atoms with E-state index in [1.54, 1.807) is 0 Å². The molecule has 0 radical (unpaired) electrons. The van der Waals surface area contributed by atoms with Gasteiger partial charge in [0.05, 0.1) is 13.2 Å². The minimum absolute atomic E-state index is 0.141. The van der Waals surface area contributed by atoms with Crippen molar-refractivity contribution >= 4 is 11.6 Å². The fourth-order valence-corrected chi connectivity index (χ4v) is 1.63. The Morgan fingerprint density at radius 3 is 2.40 bits per heavy atom. The summed E-state index contributed by atoms with van der Waals surface area (Å²) in [6.07, 6.45) is 0. The zero-order valence-corrected chi connectivity index (χ0v) is 12.6. The maximum Gasteiger partial charge on any atom is 0.210 e. The number of rotatable bonds is 6. The number of ether oxygens (including phenoxy) is 2. The molecule has 0 aliphatic carbocycles. The Morgan fingerprint density at radius 1 is 1.20 bits per heavy atom. The van der Waals surface area contributed by atoms with Crippen molar-refractivity contribution in [1.82, 2.24) is 5.43 Å². The topological polar surface area (TPSA) is 80.9 Å². The number of hydrogen-bond acceptors (Lipinski definition) is 4.